The number of aliphatic hydroxyl groups excluding tert-OH is 1. The molecular formula is C12H19NOS. The van der Waals surface area contributed by atoms with Crippen molar-refractivity contribution in [3.05, 3.63) is 22.4 Å². The molecule has 1 aromatic heterocycles. The molecule has 0 aliphatic heterocycles. The summed E-state index contributed by atoms with van der Waals surface area (Å²) >= 11 is 1.81. The Morgan fingerprint density at radius 3 is 2.93 bits per heavy atom. The lowest BCUT2D eigenvalue weighted by molar-refractivity contribution is -0.0720. The van der Waals surface area contributed by atoms with Crippen LogP contribution in [-0.2, 0) is 6.42 Å². The summed E-state index contributed by atoms with van der Waals surface area (Å²) in [6, 6.07) is 4.75. The quantitative estimate of drug-likeness (QED) is 0.822. The molecule has 1 saturated carbocycles. The molecule has 2 unspecified atom stereocenters. The molecule has 1 heterocycles. The number of thiophene rings is 1. The first-order valence-corrected chi connectivity index (χ1v) is 6.42. The van der Waals surface area contributed by atoms with Crippen LogP contribution in [0.15, 0.2) is 17.5 Å². The third-order valence-electron chi connectivity index (χ3n) is 3.56. The summed E-state index contributed by atoms with van der Waals surface area (Å²) in [5.41, 5.74) is 0.0510. The number of aliphatic hydroxyl groups is 1. The molecule has 84 valence electrons. The van der Waals surface area contributed by atoms with Crippen molar-refractivity contribution in [3.8, 4) is 0 Å². The van der Waals surface area contributed by atoms with Gasteiger partial charge in [-0.25, -0.2) is 0 Å². The molecule has 3 heteroatoms. The Morgan fingerprint density at radius 1 is 1.60 bits per heavy atom. The normalized spacial score (nSPS) is 28.7. The van der Waals surface area contributed by atoms with Gasteiger partial charge in [0.2, 0.25) is 0 Å². The van der Waals surface area contributed by atoms with Crippen LogP contribution in [-0.4, -0.2) is 23.8 Å². The maximum absolute atomic E-state index is 9.59. The van der Waals surface area contributed by atoms with Gasteiger partial charge in [-0.2, -0.15) is 0 Å². The first-order valence-electron chi connectivity index (χ1n) is 5.54. The molecule has 1 fully saturated rings. The zero-order chi connectivity index (χ0) is 10.9. The number of hydrogen-bond donors (Lipinski definition) is 2. The third kappa shape index (κ3) is 2.25. The van der Waals surface area contributed by atoms with Gasteiger partial charge in [0.15, 0.2) is 0 Å². The van der Waals surface area contributed by atoms with Gasteiger partial charge in [-0.1, -0.05) is 19.9 Å². The molecule has 0 aromatic carbocycles. The molecule has 2 nitrogen and oxygen atoms in total. The average Bonchev–Trinajstić information content (AvgIpc) is 2.69. The van der Waals surface area contributed by atoms with Crippen LogP contribution in [0.5, 0.6) is 0 Å². The zero-order valence-electron chi connectivity index (χ0n) is 9.36. The van der Waals surface area contributed by atoms with Gasteiger partial charge in [-0.05, 0) is 24.3 Å². The highest BCUT2D eigenvalue weighted by molar-refractivity contribution is 7.09. The standard InChI is InChI=1S/C12H19NOS/c1-12(2)10(8-11(12)14)13-6-5-9-4-3-7-15-9/h3-4,7,10-11,13-14H,5-6,8H2,1-2H3. The van der Waals surface area contributed by atoms with Crippen molar-refractivity contribution < 1.29 is 5.11 Å². The van der Waals surface area contributed by atoms with E-state index in [2.05, 4.69) is 36.7 Å². The molecule has 1 aliphatic carbocycles. The molecule has 2 atom stereocenters. The summed E-state index contributed by atoms with van der Waals surface area (Å²) in [4.78, 5) is 1.43. The fraction of sp³-hybridized carbons (Fsp3) is 0.667. The molecular weight excluding hydrogens is 206 g/mol. The van der Waals surface area contributed by atoms with Crippen molar-refractivity contribution in [1.82, 2.24) is 5.32 Å². The fourth-order valence-corrected chi connectivity index (χ4v) is 2.78. The van der Waals surface area contributed by atoms with Gasteiger partial charge in [0, 0.05) is 22.9 Å². The van der Waals surface area contributed by atoms with E-state index in [1.807, 2.05) is 11.3 Å². The first kappa shape index (κ1) is 11.1. The molecule has 0 spiro atoms. The van der Waals surface area contributed by atoms with Gasteiger partial charge < -0.3 is 10.4 Å². The fourth-order valence-electron chi connectivity index (χ4n) is 2.07. The smallest absolute Gasteiger partial charge is 0.0621 e. The molecule has 1 aliphatic rings. The first-order chi connectivity index (χ1) is 7.10. The summed E-state index contributed by atoms with van der Waals surface area (Å²) in [5, 5.41) is 15.2. The summed E-state index contributed by atoms with van der Waals surface area (Å²) in [5.74, 6) is 0. The van der Waals surface area contributed by atoms with Crippen LogP contribution in [0.3, 0.4) is 0 Å². The predicted molar refractivity (Wildman–Crippen MR) is 64.2 cm³/mol. The Hall–Kier alpha value is -0.380. The van der Waals surface area contributed by atoms with Crippen LogP contribution < -0.4 is 5.32 Å². The molecule has 2 rings (SSSR count). The summed E-state index contributed by atoms with van der Waals surface area (Å²) in [6.45, 7) is 5.27. The van der Waals surface area contributed by atoms with E-state index in [9.17, 15) is 5.11 Å². The Kier molecular flexibility index (Phi) is 3.14. The van der Waals surface area contributed by atoms with Crippen LogP contribution in [0.4, 0.5) is 0 Å². The predicted octanol–water partition coefficient (Wildman–Crippen LogP) is 2.04. The van der Waals surface area contributed by atoms with E-state index >= 15 is 0 Å². The minimum absolute atomic E-state index is 0.0510. The van der Waals surface area contributed by atoms with Crippen LogP contribution in [0.1, 0.15) is 25.1 Å². The van der Waals surface area contributed by atoms with E-state index in [0.29, 0.717) is 6.04 Å². The van der Waals surface area contributed by atoms with E-state index in [-0.39, 0.29) is 11.5 Å². The van der Waals surface area contributed by atoms with Gasteiger partial charge in [-0.3, -0.25) is 0 Å². The lowest BCUT2D eigenvalue weighted by atomic mass is 9.64. The Morgan fingerprint density at radius 2 is 2.40 bits per heavy atom. The molecule has 0 bridgehead atoms. The molecule has 0 saturated heterocycles. The molecule has 0 radical (unpaired) electrons. The van der Waals surface area contributed by atoms with Crippen molar-refractivity contribution in [3.63, 3.8) is 0 Å². The minimum atomic E-state index is -0.128. The van der Waals surface area contributed by atoms with E-state index in [1.54, 1.807) is 0 Å². The van der Waals surface area contributed by atoms with Gasteiger partial charge >= 0.3 is 0 Å². The molecule has 15 heavy (non-hydrogen) atoms. The maximum atomic E-state index is 9.59. The van der Waals surface area contributed by atoms with Gasteiger partial charge in [0.25, 0.3) is 0 Å². The molecule has 1 aromatic rings. The maximum Gasteiger partial charge on any atom is 0.0621 e. The second kappa shape index (κ2) is 4.24. The number of hydrogen-bond acceptors (Lipinski definition) is 3. The van der Waals surface area contributed by atoms with Gasteiger partial charge in [0.1, 0.15) is 0 Å². The topological polar surface area (TPSA) is 32.3 Å². The Labute approximate surface area is 95.3 Å². The molecule has 2 N–H and O–H groups in total. The van der Waals surface area contributed by atoms with Gasteiger partial charge in [0.05, 0.1) is 6.10 Å². The average molecular weight is 225 g/mol. The lowest BCUT2D eigenvalue weighted by Gasteiger charge is -2.49. The highest BCUT2D eigenvalue weighted by Crippen LogP contribution is 2.40. The second-order valence-electron chi connectivity index (χ2n) is 4.91. The van der Waals surface area contributed by atoms with E-state index in [1.165, 1.54) is 4.88 Å². The van der Waals surface area contributed by atoms with E-state index in [0.717, 1.165) is 19.4 Å². The van der Waals surface area contributed by atoms with Crippen molar-refractivity contribution in [1.29, 1.82) is 0 Å². The number of rotatable bonds is 4. The third-order valence-corrected chi connectivity index (χ3v) is 4.49. The summed E-state index contributed by atoms with van der Waals surface area (Å²) < 4.78 is 0. The van der Waals surface area contributed by atoms with Crippen molar-refractivity contribution >= 4 is 11.3 Å². The largest absolute Gasteiger partial charge is 0.392 e. The second-order valence-corrected chi connectivity index (χ2v) is 5.94. The Balaban J connectivity index is 1.71. The van der Waals surface area contributed by atoms with E-state index < -0.39 is 0 Å². The van der Waals surface area contributed by atoms with Crippen LogP contribution in [0.25, 0.3) is 0 Å². The summed E-state index contributed by atoms with van der Waals surface area (Å²) in [6.07, 6.45) is 1.87. The summed E-state index contributed by atoms with van der Waals surface area (Å²) in [7, 11) is 0. The number of nitrogens with one attached hydrogen (secondary N) is 1. The Bertz CT molecular complexity index is 307. The highest BCUT2D eigenvalue weighted by Gasteiger charge is 2.46. The zero-order valence-corrected chi connectivity index (χ0v) is 10.2. The van der Waals surface area contributed by atoms with Crippen molar-refractivity contribution in [2.24, 2.45) is 5.41 Å². The highest BCUT2D eigenvalue weighted by atomic mass is 32.1. The minimum Gasteiger partial charge on any atom is -0.392 e. The monoisotopic (exact) mass is 225 g/mol. The van der Waals surface area contributed by atoms with E-state index in [4.69, 9.17) is 0 Å². The van der Waals surface area contributed by atoms with Crippen LogP contribution >= 0.6 is 11.3 Å². The van der Waals surface area contributed by atoms with Crippen molar-refractivity contribution in [2.75, 3.05) is 6.54 Å². The molecule has 0 amide bonds. The van der Waals surface area contributed by atoms with Crippen molar-refractivity contribution in [2.45, 2.75) is 38.8 Å². The van der Waals surface area contributed by atoms with Gasteiger partial charge in [-0.15, -0.1) is 11.3 Å². The van der Waals surface area contributed by atoms with Crippen LogP contribution in [0.2, 0.25) is 0 Å². The SMILES string of the molecule is CC1(C)C(O)CC1NCCc1cccs1. The van der Waals surface area contributed by atoms with Crippen LogP contribution in [0, 0.1) is 5.41 Å². The lowest BCUT2D eigenvalue weighted by Crippen LogP contribution is -2.60.